The van der Waals surface area contributed by atoms with Gasteiger partial charge in [0.25, 0.3) is 0 Å². The second-order valence-electron chi connectivity index (χ2n) is 6.94. The Morgan fingerprint density at radius 2 is 1.94 bits per heavy atom. The van der Waals surface area contributed by atoms with Crippen LogP contribution in [0.4, 0.5) is 8.78 Å². The summed E-state index contributed by atoms with van der Waals surface area (Å²) in [6.45, 7) is 4.53. The van der Waals surface area contributed by atoms with E-state index in [1.54, 1.807) is 0 Å². The molecular weight excluding hydrogens is 232 g/mol. The number of hydrogen-bond donors (Lipinski definition) is 1. The second-order valence-corrected chi connectivity index (χ2v) is 6.94. The smallest absolute Gasteiger partial charge is 0.248 e. The van der Waals surface area contributed by atoms with E-state index >= 15 is 0 Å². The van der Waals surface area contributed by atoms with Crippen molar-refractivity contribution in [2.24, 2.45) is 29.4 Å². The van der Waals surface area contributed by atoms with Crippen molar-refractivity contribution in [3.8, 4) is 0 Å². The Bertz CT molecular complexity index is 278. The van der Waals surface area contributed by atoms with Gasteiger partial charge in [-0.15, -0.1) is 0 Å². The summed E-state index contributed by atoms with van der Waals surface area (Å²) in [5, 5.41) is 0. The van der Waals surface area contributed by atoms with Crippen LogP contribution in [0.3, 0.4) is 0 Å². The summed E-state index contributed by atoms with van der Waals surface area (Å²) in [7, 11) is 0. The Morgan fingerprint density at radius 1 is 1.22 bits per heavy atom. The second kappa shape index (κ2) is 5.44. The third-order valence-electron chi connectivity index (χ3n) is 5.17. The van der Waals surface area contributed by atoms with E-state index in [0.29, 0.717) is 18.3 Å². The number of alkyl halides is 2. The highest BCUT2D eigenvalue weighted by Gasteiger charge is 2.41. The highest BCUT2D eigenvalue weighted by molar-refractivity contribution is 4.88. The van der Waals surface area contributed by atoms with Crippen molar-refractivity contribution >= 4 is 0 Å². The quantitative estimate of drug-likeness (QED) is 0.807. The van der Waals surface area contributed by atoms with Crippen LogP contribution < -0.4 is 5.73 Å². The summed E-state index contributed by atoms with van der Waals surface area (Å²) < 4.78 is 26.4. The minimum absolute atomic E-state index is 0.0905. The molecule has 18 heavy (non-hydrogen) atoms. The van der Waals surface area contributed by atoms with Gasteiger partial charge in [0, 0.05) is 18.9 Å². The zero-order valence-corrected chi connectivity index (χ0v) is 11.7. The third kappa shape index (κ3) is 3.43. The van der Waals surface area contributed by atoms with Gasteiger partial charge in [0.1, 0.15) is 0 Å². The highest BCUT2D eigenvalue weighted by atomic mass is 19.3. The van der Waals surface area contributed by atoms with Crippen LogP contribution in [-0.4, -0.2) is 12.0 Å². The number of hydrogen-bond acceptors (Lipinski definition) is 1. The fourth-order valence-electron chi connectivity index (χ4n) is 3.87. The van der Waals surface area contributed by atoms with Gasteiger partial charge in [0.05, 0.1) is 0 Å². The molecule has 0 bridgehead atoms. The van der Waals surface area contributed by atoms with Crippen molar-refractivity contribution in [2.75, 3.05) is 0 Å². The van der Waals surface area contributed by atoms with Crippen molar-refractivity contribution in [3.63, 3.8) is 0 Å². The minimum Gasteiger partial charge on any atom is -0.327 e. The monoisotopic (exact) mass is 259 g/mol. The fraction of sp³-hybridized carbons (Fsp3) is 1.00. The van der Waals surface area contributed by atoms with Crippen molar-refractivity contribution in [1.29, 1.82) is 0 Å². The molecule has 0 aliphatic heterocycles. The van der Waals surface area contributed by atoms with Gasteiger partial charge in [-0.2, -0.15) is 0 Å². The van der Waals surface area contributed by atoms with Gasteiger partial charge >= 0.3 is 0 Å². The molecule has 2 fully saturated rings. The van der Waals surface area contributed by atoms with Gasteiger partial charge in [0.2, 0.25) is 5.92 Å². The lowest BCUT2D eigenvalue weighted by atomic mass is 9.71. The highest BCUT2D eigenvalue weighted by Crippen LogP contribution is 2.44. The Kier molecular flexibility index (Phi) is 4.30. The van der Waals surface area contributed by atoms with E-state index in [2.05, 4.69) is 13.8 Å². The first-order valence-electron chi connectivity index (χ1n) is 7.51. The van der Waals surface area contributed by atoms with Gasteiger partial charge in [-0.25, -0.2) is 8.78 Å². The van der Waals surface area contributed by atoms with Crippen LogP contribution in [0.5, 0.6) is 0 Å². The maximum atomic E-state index is 13.2. The first-order chi connectivity index (χ1) is 8.37. The topological polar surface area (TPSA) is 26.0 Å². The van der Waals surface area contributed by atoms with Gasteiger partial charge in [0.15, 0.2) is 0 Å². The molecule has 2 rings (SSSR count). The molecule has 0 aromatic heterocycles. The van der Waals surface area contributed by atoms with E-state index in [0.717, 1.165) is 25.2 Å². The van der Waals surface area contributed by atoms with Crippen LogP contribution >= 0.6 is 0 Å². The Labute approximate surface area is 110 Å². The maximum absolute atomic E-state index is 13.2. The van der Waals surface area contributed by atoms with Crippen molar-refractivity contribution < 1.29 is 8.78 Å². The zero-order valence-electron chi connectivity index (χ0n) is 11.7. The molecule has 0 amide bonds. The Hall–Kier alpha value is -0.180. The van der Waals surface area contributed by atoms with E-state index in [4.69, 9.17) is 5.73 Å². The molecule has 106 valence electrons. The van der Waals surface area contributed by atoms with Gasteiger partial charge in [-0.3, -0.25) is 0 Å². The molecule has 0 heterocycles. The molecule has 0 saturated heterocycles. The predicted octanol–water partition coefficient (Wildman–Crippen LogP) is 4.21. The van der Waals surface area contributed by atoms with Crippen LogP contribution in [0.25, 0.3) is 0 Å². The summed E-state index contributed by atoms with van der Waals surface area (Å²) in [5.41, 5.74) is 6.20. The van der Waals surface area contributed by atoms with E-state index in [-0.39, 0.29) is 24.8 Å². The zero-order chi connectivity index (χ0) is 13.3. The molecule has 2 aliphatic rings. The number of rotatable bonds is 3. The standard InChI is InChI=1S/C15H27F2N/c1-10(2)12-3-4-14(18)13(8-12)7-11-5-6-15(16,17)9-11/h10-14H,3-9,18H2,1-2H3. The summed E-state index contributed by atoms with van der Waals surface area (Å²) in [4.78, 5) is 0. The number of halogens is 2. The normalized spacial score (nSPS) is 40.3. The fourth-order valence-corrected chi connectivity index (χ4v) is 3.87. The molecule has 4 atom stereocenters. The van der Waals surface area contributed by atoms with E-state index < -0.39 is 5.92 Å². The van der Waals surface area contributed by atoms with Crippen LogP contribution in [0.1, 0.15) is 58.8 Å². The van der Waals surface area contributed by atoms with E-state index in [1.807, 2.05) is 0 Å². The lowest BCUT2D eigenvalue weighted by Gasteiger charge is -2.37. The van der Waals surface area contributed by atoms with Gasteiger partial charge in [-0.05, 0) is 55.8 Å². The Balaban J connectivity index is 1.87. The lowest BCUT2D eigenvalue weighted by Crippen LogP contribution is -2.38. The molecule has 0 radical (unpaired) electrons. The largest absolute Gasteiger partial charge is 0.327 e. The van der Waals surface area contributed by atoms with Crippen molar-refractivity contribution in [1.82, 2.24) is 0 Å². The molecular formula is C15H27F2N. The molecule has 4 unspecified atom stereocenters. The van der Waals surface area contributed by atoms with Gasteiger partial charge in [-0.1, -0.05) is 13.8 Å². The maximum Gasteiger partial charge on any atom is 0.248 e. The predicted molar refractivity (Wildman–Crippen MR) is 70.5 cm³/mol. The van der Waals surface area contributed by atoms with E-state index in [1.165, 1.54) is 6.42 Å². The first kappa shape index (κ1) is 14.2. The Morgan fingerprint density at radius 3 is 2.50 bits per heavy atom. The molecule has 3 heteroatoms. The van der Waals surface area contributed by atoms with Crippen molar-refractivity contribution in [2.45, 2.75) is 70.8 Å². The van der Waals surface area contributed by atoms with Crippen LogP contribution in [0.15, 0.2) is 0 Å². The summed E-state index contributed by atoms with van der Waals surface area (Å²) in [6.07, 6.45) is 5.27. The van der Waals surface area contributed by atoms with E-state index in [9.17, 15) is 8.78 Å². The van der Waals surface area contributed by atoms with Crippen molar-refractivity contribution in [3.05, 3.63) is 0 Å². The average molecular weight is 259 g/mol. The van der Waals surface area contributed by atoms with Gasteiger partial charge < -0.3 is 5.73 Å². The number of nitrogens with two attached hydrogens (primary N) is 1. The molecule has 0 aromatic carbocycles. The molecule has 2 saturated carbocycles. The molecule has 0 spiro atoms. The minimum atomic E-state index is -2.40. The first-order valence-corrected chi connectivity index (χ1v) is 7.51. The SMILES string of the molecule is CC(C)C1CCC(N)C(CC2CCC(F)(F)C2)C1. The van der Waals surface area contributed by atoms with Crippen LogP contribution in [0.2, 0.25) is 0 Å². The lowest BCUT2D eigenvalue weighted by molar-refractivity contribution is 0.00324. The van der Waals surface area contributed by atoms with Crippen LogP contribution in [0, 0.1) is 23.7 Å². The average Bonchev–Trinajstić information content (AvgIpc) is 2.61. The van der Waals surface area contributed by atoms with Crippen LogP contribution in [-0.2, 0) is 0 Å². The third-order valence-corrected chi connectivity index (χ3v) is 5.17. The summed E-state index contributed by atoms with van der Waals surface area (Å²) >= 11 is 0. The molecule has 2 aliphatic carbocycles. The summed E-state index contributed by atoms with van der Waals surface area (Å²) in [5.74, 6) is -0.269. The molecule has 1 nitrogen and oxygen atoms in total. The molecule has 0 aromatic rings. The summed E-state index contributed by atoms with van der Waals surface area (Å²) in [6, 6.07) is 0.245. The molecule has 2 N–H and O–H groups in total.